The Morgan fingerprint density at radius 3 is 2.55 bits per heavy atom. The van der Waals surface area contributed by atoms with Crippen molar-refractivity contribution < 1.29 is 14.3 Å². The molecule has 110 valence electrons. The number of rotatable bonds is 5. The Morgan fingerprint density at radius 2 is 2.00 bits per heavy atom. The highest BCUT2D eigenvalue weighted by molar-refractivity contribution is 6.34. The summed E-state index contributed by atoms with van der Waals surface area (Å²) in [6, 6.07) is 4.72. The van der Waals surface area contributed by atoms with Crippen LogP contribution in [0.1, 0.15) is 31.1 Å². The highest BCUT2D eigenvalue weighted by Gasteiger charge is 2.17. The zero-order chi connectivity index (χ0) is 15.3. The molecule has 1 rings (SSSR count). The van der Waals surface area contributed by atoms with Gasteiger partial charge in [-0.15, -0.1) is 0 Å². The van der Waals surface area contributed by atoms with Gasteiger partial charge < -0.3 is 15.8 Å². The molecule has 0 fully saturated rings. The van der Waals surface area contributed by atoms with Crippen LogP contribution in [0.3, 0.4) is 0 Å². The van der Waals surface area contributed by atoms with Crippen LogP contribution in [0, 0.1) is 5.92 Å². The zero-order valence-corrected chi connectivity index (χ0v) is 12.5. The topological polar surface area (TPSA) is 81.4 Å². The van der Waals surface area contributed by atoms with Crippen molar-refractivity contribution in [1.82, 2.24) is 5.32 Å². The normalized spacial score (nSPS) is 12.1. The predicted octanol–water partition coefficient (Wildman–Crippen LogP) is 2.24. The van der Waals surface area contributed by atoms with Gasteiger partial charge in [-0.05, 0) is 25.0 Å². The Balaban J connectivity index is 2.58. The first-order chi connectivity index (χ1) is 9.32. The number of nitrogens with one attached hydrogen (secondary N) is 1. The lowest BCUT2D eigenvalue weighted by Gasteiger charge is -2.17. The summed E-state index contributed by atoms with van der Waals surface area (Å²) in [7, 11) is 0. The van der Waals surface area contributed by atoms with Crippen molar-refractivity contribution >= 4 is 29.2 Å². The van der Waals surface area contributed by atoms with E-state index in [0.717, 1.165) is 0 Å². The molecule has 0 saturated heterocycles. The number of esters is 1. The summed E-state index contributed by atoms with van der Waals surface area (Å²) < 4.78 is 4.92. The molecule has 1 aromatic rings. The number of nitrogen functional groups attached to an aromatic ring is 1. The van der Waals surface area contributed by atoms with Crippen LogP contribution in [0.25, 0.3) is 0 Å². The van der Waals surface area contributed by atoms with Crippen LogP contribution in [0.2, 0.25) is 5.02 Å². The lowest BCUT2D eigenvalue weighted by Crippen LogP contribution is -2.38. The summed E-state index contributed by atoms with van der Waals surface area (Å²) in [4.78, 5) is 23.5. The third-order valence-electron chi connectivity index (χ3n) is 2.97. The number of halogens is 1. The van der Waals surface area contributed by atoms with Crippen LogP contribution < -0.4 is 11.1 Å². The van der Waals surface area contributed by atoms with Crippen molar-refractivity contribution in [2.45, 2.75) is 26.8 Å². The highest BCUT2D eigenvalue weighted by atomic mass is 35.5. The molecule has 0 aromatic heterocycles. The van der Waals surface area contributed by atoms with E-state index in [0.29, 0.717) is 5.92 Å². The highest BCUT2D eigenvalue weighted by Crippen LogP contribution is 2.22. The van der Waals surface area contributed by atoms with Crippen molar-refractivity contribution in [2.75, 3.05) is 12.3 Å². The van der Waals surface area contributed by atoms with E-state index in [1.807, 2.05) is 20.8 Å². The number of nitrogens with two attached hydrogens (primary N) is 1. The van der Waals surface area contributed by atoms with Crippen molar-refractivity contribution in [3.05, 3.63) is 28.8 Å². The monoisotopic (exact) mass is 298 g/mol. The van der Waals surface area contributed by atoms with E-state index < -0.39 is 5.97 Å². The average Bonchev–Trinajstić information content (AvgIpc) is 2.36. The van der Waals surface area contributed by atoms with Gasteiger partial charge in [-0.1, -0.05) is 31.5 Å². The van der Waals surface area contributed by atoms with Crippen molar-refractivity contribution in [2.24, 2.45) is 5.92 Å². The maximum absolute atomic E-state index is 11.8. The quantitative estimate of drug-likeness (QED) is 0.645. The number of amides is 1. The lowest BCUT2D eigenvalue weighted by molar-refractivity contribution is -0.125. The molecule has 1 atom stereocenters. The number of carbonyl (C=O) groups excluding carboxylic acids is 2. The number of carbonyl (C=O) groups is 2. The summed E-state index contributed by atoms with van der Waals surface area (Å²) in [6.07, 6.45) is 0. The summed E-state index contributed by atoms with van der Waals surface area (Å²) in [6.45, 7) is 5.50. The van der Waals surface area contributed by atoms with Gasteiger partial charge >= 0.3 is 5.97 Å². The molecule has 1 amide bonds. The number of anilines is 1. The van der Waals surface area contributed by atoms with Crippen LogP contribution in [0.4, 0.5) is 5.69 Å². The number of hydrogen-bond acceptors (Lipinski definition) is 4. The molecule has 0 aliphatic rings. The van der Waals surface area contributed by atoms with Crippen LogP contribution in [0.5, 0.6) is 0 Å². The van der Waals surface area contributed by atoms with E-state index >= 15 is 0 Å². The molecule has 0 aliphatic carbocycles. The number of ether oxygens (including phenoxy) is 1. The van der Waals surface area contributed by atoms with E-state index in [9.17, 15) is 9.59 Å². The summed E-state index contributed by atoms with van der Waals surface area (Å²) in [5.41, 5.74) is 5.97. The maximum atomic E-state index is 11.8. The first-order valence-corrected chi connectivity index (χ1v) is 6.71. The standard InChI is InChI=1S/C14H19ClN2O3/c1-8(2)9(3)17-12(18)7-20-14(19)13-10(15)5-4-6-11(13)16/h4-6,8-9H,7,16H2,1-3H3,(H,17,18). The van der Waals surface area contributed by atoms with E-state index in [4.69, 9.17) is 22.1 Å². The van der Waals surface area contributed by atoms with Gasteiger partial charge in [0.05, 0.1) is 5.02 Å². The molecule has 0 spiro atoms. The summed E-state index contributed by atoms with van der Waals surface area (Å²) in [5, 5.41) is 2.93. The molecule has 1 aromatic carbocycles. The molecular weight excluding hydrogens is 280 g/mol. The fraction of sp³-hybridized carbons (Fsp3) is 0.429. The molecule has 3 N–H and O–H groups in total. The Kier molecular flexibility index (Phi) is 5.82. The largest absolute Gasteiger partial charge is 0.452 e. The Morgan fingerprint density at radius 1 is 1.35 bits per heavy atom. The van der Waals surface area contributed by atoms with E-state index in [2.05, 4.69) is 5.32 Å². The second-order valence-electron chi connectivity index (χ2n) is 4.88. The number of benzene rings is 1. The summed E-state index contributed by atoms with van der Waals surface area (Å²) in [5.74, 6) is -0.764. The van der Waals surface area contributed by atoms with E-state index in [1.165, 1.54) is 6.07 Å². The van der Waals surface area contributed by atoms with Crippen molar-refractivity contribution in [3.63, 3.8) is 0 Å². The third kappa shape index (κ3) is 4.42. The molecule has 0 heterocycles. The van der Waals surface area contributed by atoms with Crippen molar-refractivity contribution in [3.8, 4) is 0 Å². The molecule has 0 radical (unpaired) electrons. The fourth-order valence-corrected chi connectivity index (χ4v) is 1.68. The molecule has 1 unspecified atom stereocenters. The molecule has 6 heteroatoms. The summed E-state index contributed by atoms with van der Waals surface area (Å²) >= 11 is 5.88. The third-order valence-corrected chi connectivity index (χ3v) is 3.29. The van der Waals surface area contributed by atoms with Crippen LogP contribution in [-0.4, -0.2) is 24.5 Å². The SMILES string of the molecule is CC(C)C(C)NC(=O)COC(=O)c1c(N)cccc1Cl. The van der Waals surface area contributed by atoms with Gasteiger partial charge in [-0.25, -0.2) is 4.79 Å². The van der Waals surface area contributed by atoms with Gasteiger partial charge in [0.15, 0.2) is 6.61 Å². The zero-order valence-electron chi connectivity index (χ0n) is 11.8. The van der Waals surface area contributed by atoms with Crippen LogP contribution in [-0.2, 0) is 9.53 Å². The Labute approximate surface area is 123 Å². The fourth-order valence-electron chi connectivity index (χ4n) is 1.42. The minimum atomic E-state index is -0.708. The van der Waals surface area contributed by atoms with Crippen LogP contribution >= 0.6 is 11.6 Å². The second kappa shape index (κ2) is 7.14. The van der Waals surface area contributed by atoms with Gasteiger partial charge in [0, 0.05) is 11.7 Å². The van der Waals surface area contributed by atoms with Gasteiger partial charge in [0.1, 0.15) is 5.56 Å². The van der Waals surface area contributed by atoms with E-state index in [-0.39, 0.29) is 34.8 Å². The lowest BCUT2D eigenvalue weighted by atomic mass is 10.1. The minimum absolute atomic E-state index is 0.00610. The molecule has 0 bridgehead atoms. The molecule has 5 nitrogen and oxygen atoms in total. The maximum Gasteiger partial charge on any atom is 0.342 e. The second-order valence-corrected chi connectivity index (χ2v) is 5.29. The first-order valence-electron chi connectivity index (χ1n) is 6.33. The average molecular weight is 299 g/mol. The Hall–Kier alpha value is -1.75. The molecular formula is C14H19ClN2O3. The molecule has 0 aliphatic heterocycles. The first kappa shape index (κ1) is 16.3. The van der Waals surface area contributed by atoms with Gasteiger partial charge in [0.25, 0.3) is 5.91 Å². The Bertz CT molecular complexity index is 483. The van der Waals surface area contributed by atoms with Gasteiger partial charge in [0.2, 0.25) is 0 Å². The number of hydrogen-bond donors (Lipinski definition) is 2. The molecule has 0 saturated carbocycles. The minimum Gasteiger partial charge on any atom is -0.452 e. The van der Waals surface area contributed by atoms with Gasteiger partial charge in [-0.2, -0.15) is 0 Å². The van der Waals surface area contributed by atoms with Crippen LogP contribution in [0.15, 0.2) is 18.2 Å². The van der Waals surface area contributed by atoms with Gasteiger partial charge in [-0.3, -0.25) is 4.79 Å². The van der Waals surface area contributed by atoms with E-state index in [1.54, 1.807) is 12.1 Å². The smallest absolute Gasteiger partial charge is 0.342 e. The molecule has 20 heavy (non-hydrogen) atoms. The van der Waals surface area contributed by atoms with Crippen molar-refractivity contribution in [1.29, 1.82) is 0 Å². The predicted molar refractivity (Wildman–Crippen MR) is 78.6 cm³/mol.